The number of nitrogens with one attached hydrogen (secondary N) is 2. The second kappa shape index (κ2) is 12.8. The highest BCUT2D eigenvalue weighted by atomic mass is 16.5. The second-order valence-corrected chi connectivity index (χ2v) is 11.1. The highest BCUT2D eigenvalue weighted by molar-refractivity contribution is 5.99. The van der Waals surface area contributed by atoms with E-state index in [0.717, 1.165) is 36.5 Å². The van der Waals surface area contributed by atoms with Crippen molar-refractivity contribution < 1.29 is 14.1 Å². The topological polar surface area (TPSA) is 82.9 Å². The summed E-state index contributed by atoms with van der Waals surface area (Å²) in [6.07, 6.45) is 2.44. The van der Waals surface area contributed by atoms with Crippen LogP contribution in [0.3, 0.4) is 0 Å². The number of piperidine rings is 1. The van der Waals surface area contributed by atoms with Gasteiger partial charge in [-0.2, -0.15) is 0 Å². The average molecular weight is 530 g/mol. The molecule has 0 atom stereocenters. The van der Waals surface area contributed by atoms with Crippen LogP contribution in [-0.2, 0) is 5.41 Å². The molecule has 2 aromatic carbocycles. The fourth-order valence-corrected chi connectivity index (χ4v) is 4.33. The molecule has 0 unspecified atom stereocenters. The van der Waals surface area contributed by atoms with E-state index < -0.39 is 6.03 Å². The molecule has 39 heavy (non-hydrogen) atoms. The fraction of sp³-hybridized carbons (Fsp3) is 0.419. The largest absolute Gasteiger partial charge is 0.492 e. The number of carbonyl (C=O) groups excluding carboxylic acids is 1. The van der Waals surface area contributed by atoms with Crippen LogP contribution in [0.1, 0.15) is 50.5 Å². The molecule has 0 bridgehead atoms. The van der Waals surface area contributed by atoms with Gasteiger partial charge in [0.15, 0.2) is 5.82 Å². The lowest BCUT2D eigenvalue weighted by atomic mass is 9.93. The maximum atomic E-state index is 12.3. The second-order valence-electron chi connectivity index (χ2n) is 11.1. The van der Waals surface area contributed by atoms with E-state index in [2.05, 4.69) is 51.5 Å². The molecule has 1 aliphatic heterocycles. The zero-order valence-electron chi connectivity index (χ0n) is 23.6. The van der Waals surface area contributed by atoms with Gasteiger partial charge in [-0.1, -0.05) is 37.8 Å². The number of aromatic nitrogens is 1. The molecule has 206 valence electrons. The molecule has 8 nitrogen and oxygen atoms in total. The summed E-state index contributed by atoms with van der Waals surface area (Å²) < 4.78 is 11.2. The number of urea groups is 1. The molecule has 0 aliphatic carbocycles. The highest BCUT2D eigenvalue weighted by Gasteiger charge is 2.21. The van der Waals surface area contributed by atoms with Crippen molar-refractivity contribution in [2.75, 3.05) is 51.0 Å². The standard InChI is InChI=1S/C31H39N5O3/c1-31(2,3)28-22-29(34-39-28)33-30(37)32-25-12-8-23(9-13-25)6-7-24-10-14-27(15-11-24)38-21-20-36-18-16-26(17-19-36)35(4)5/h8-15,22,26H,16-21H2,1-5H3,(H2,32,33,34,37). The first kappa shape index (κ1) is 28.2. The van der Waals surface area contributed by atoms with E-state index in [1.165, 1.54) is 12.8 Å². The third kappa shape index (κ3) is 8.60. The molecular weight excluding hydrogens is 490 g/mol. The van der Waals surface area contributed by atoms with Crippen LogP contribution in [0.4, 0.5) is 16.3 Å². The molecule has 8 heteroatoms. The Balaban J connectivity index is 1.20. The normalized spacial score (nSPS) is 14.5. The van der Waals surface area contributed by atoms with Gasteiger partial charge in [-0.05, 0) is 88.6 Å². The maximum absolute atomic E-state index is 12.3. The van der Waals surface area contributed by atoms with Gasteiger partial charge in [0.25, 0.3) is 0 Å². The Kier molecular flexibility index (Phi) is 9.28. The summed E-state index contributed by atoms with van der Waals surface area (Å²) in [5.41, 5.74) is 2.24. The van der Waals surface area contributed by atoms with E-state index in [4.69, 9.17) is 9.26 Å². The lowest BCUT2D eigenvalue weighted by Crippen LogP contribution is -2.43. The predicted octanol–water partition coefficient (Wildman–Crippen LogP) is 5.42. The van der Waals surface area contributed by atoms with Crippen LogP contribution >= 0.6 is 0 Å². The van der Waals surface area contributed by atoms with Gasteiger partial charge in [-0.25, -0.2) is 4.79 Å². The van der Waals surface area contributed by atoms with E-state index >= 15 is 0 Å². The molecule has 1 saturated heterocycles. The summed E-state index contributed by atoms with van der Waals surface area (Å²) in [4.78, 5) is 17.1. The van der Waals surface area contributed by atoms with Crippen LogP contribution in [0.2, 0.25) is 0 Å². The van der Waals surface area contributed by atoms with Crippen LogP contribution < -0.4 is 15.4 Å². The predicted molar refractivity (Wildman–Crippen MR) is 155 cm³/mol. The molecule has 2 heterocycles. The molecule has 3 aromatic rings. The van der Waals surface area contributed by atoms with Gasteiger partial charge in [0.05, 0.1) is 0 Å². The van der Waals surface area contributed by atoms with Crippen LogP contribution in [0.15, 0.2) is 59.1 Å². The van der Waals surface area contributed by atoms with E-state index in [1.807, 2.05) is 69.3 Å². The first-order valence-corrected chi connectivity index (χ1v) is 13.4. The number of benzene rings is 2. The van der Waals surface area contributed by atoms with Crippen molar-refractivity contribution in [1.82, 2.24) is 15.0 Å². The van der Waals surface area contributed by atoms with Gasteiger partial charge in [-0.15, -0.1) is 0 Å². The number of likely N-dealkylation sites (tertiary alicyclic amines) is 1. The Bertz CT molecular complexity index is 1270. The SMILES string of the molecule is CN(C)C1CCN(CCOc2ccc(C#Cc3ccc(NC(=O)Nc4cc(C(C)(C)C)on4)cc3)cc2)CC1. The minimum Gasteiger partial charge on any atom is -0.492 e. The first-order chi connectivity index (χ1) is 18.7. The number of nitrogens with zero attached hydrogens (tertiary/aromatic N) is 3. The van der Waals surface area contributed by atoms with Crippen LogP contribution in [-0.4, -0.2) is 67.4 Å². The summed E-state index contributed by atoms with van der Waals surface area (Å²) in [5, 5.41) is 9.38. The summed E-state index contributed by atoms with van der Waals surface area (Å²) >= 11 is 0. The van der Waals surface area contributed by atoms with Crippen molar-refractivity contribution >= 4 is 17.5 Å². The summed E-state index contributed by atoms with van der Waals surface area (Å²) in [7, 11) is 4.33. The number of carbonyl (C=O) groups is 1. The van der Waals surface area contributed by atoms with Crippen molar-refractivity contribution in [2.45, 2.75) is 45.1 Å². The number of amides is 2. The Morgan fingerprint density at radius 2 is 1.64 bits per heavy atom. The smallest absolute Gasteiger partial charge is 0.324 e. The molecule has 2 N–H and O–H groups in total. The van der Waals surface area contributed by atoms with Gasteiger partial charge in [-0.3, -0.25) is 10.2 Å². The highest BCUT2D eigenvalue weighted by Crippen LogP contribution is 2.24. The Morgan fingerprint density at radius 3 is 2.21 bits per heavy atom. The molecule has 0 spiro atoms. The quantitative estimate of drug-likeness (QED) is 0.398. The fourth-order valence-electron chi connectivity index (χ4n) is 4.33. The third-order valence-electron chi connectivity index (χ3n) is 6.80. The molecule has 1 fully saturated rings. The number of anilines is 2. The van der Waals surface area contributed by atoms with Gasteiger partial charge in [0, 0.05) is 40.9 Å². The van der Waals surface area contributed by atoms with Crippen LogP contribution in [0.25, 0.3) is 0 Å². The molecule has 0 saturated carbocycles. The van der Waals surface area contributed by atoms with Crippen LogP contribution in [0, 0.1) is 11.8 Å². The van der Waals surface area contributed by atoms with E-state index in [1.54, 1.807) is 6.07 Å². The van der Waals surface area contributed by atoms with Crippen molar-refractivity contribution in [1.29, 1.82) is 0 Å². The summed E-state index contributed by atoms with van der Waals surface area (Å²) in [5.74, 6) is 8.28. The van der Waals surface area contributed by atoms with Crippen molar-refractivity contribution in [3.63, 3.8) is 0 Å². The van der Waals surface area contributed by atoms with Crippen molar-refractivity contribution in [2.24, 2.45) is 0 Å². The molecule has 1 aromatic heterocycles. The number of hydrogen-bond donors (Lipinski definition) is 2. The number of rotatable bonds is 7. The van der Waals surface area contributed by atoms with Gasteiger partial charge < -0.3 is 19.5 Å². The zero-order valence-corrected chi connectivity index (χ0v) is 23.6. The summed E-state index contributed by atoms with van der Waals surface area (Å²) in [6, 6.07) is 17.3. The van der Waals surface area contributed by atoms with Crippen molar-refractivity contribution in [3.8, 4) is 17.6 Å². The lowest BCUT2D eigenvalue weighted by Gasteiger charge is -2.35. The molecule has 0 radical (unpaired) electrons. The molecule has 2 amide bonds. The zero-order chi connectivity index (χ0) is 27.8. The van der Waals surface area contributed by atoms with Gasteiger partial charge >= 0.3 is 6.03 Å². The van der Waals surface area contributed by atoms with E-state index in [9.17, 15) is 4.79 Å². The summed E-state index contributed by atoms with van der Waals surface area (Å²) in [6.45, 7) is 9.95. The maximum Gasteiger partial charge on any atom is 0.324 e. The molecular formula is C31H39N5O3. The third-order valence-corrected chi connectivity index (χ3v) is 6.80. The monoisotopic (exact) mass is 529 g/mol. The Labute approximate surface area is 231 Å². The average Bonchev–Trinajstić information content (AvgIpc) is 3.38. The van der Waals surface area contributed by atoms with Crippen molar-refractivity contribution in [3.05, 3.63) is 71.5 Å². The van der Waals surface area contributed by atoms with E-state index in [-0.39, 0.29) is 5.41 Å². The lowest BCUT2D eigenvalue weighted by molar-refractivity contribution is 0.128. The van der Waals surface area contributed by atoms with Gasteiger partial charge in [0.1, 0.15) is 18.1 Å². The van der Waals surface area contributed by atoms with Crippen LogP contribution in [0.5, 0.6) is 5.75 Å². The molecule has 4 rings (SSSR count). The first-order valence-electron chi connectivity index (χ1n) is 13.4. The Hall–Kier alpha value is -3.80. The number of ether oxygens (including phenoxy) is 1. The number of hydrogen-bond acceptors (Lipinski definition) is 6. The Morgan fingerprint density at radius 1 is 1.03 bits per heavy atom. The van der Waals surface area contributed by atoms with Gasteiger partial charge in [0.2, 0.25) is 0 Å². The molecule has 1 aliphatic rings. The minimum atomic E-state index is -0.390. The van der Waals surface area contributed by atoms with E-state index in [0.29, 0.717) is 29.9 Å². The minimum absolute atomic E-state index is 0.181.